The predicted octanol–water partition coefficient (Wildman–Crippen LogP) is 3.38. The van der Waals surface area contributed by atoms with Gasteiger partial charge in [-0.25, -0.2) is 0 Å². The van der Waals surface area contributed by atoms with Gasteiger partial charge < -0.3 is 10.1 Å². The molecule has 1 atom stereocenters. The minimum Gasteiger partial charge on any atom is -0.381 e. The second-order valence-electron chi connectivity index (χ2n) is 4.56. The van der Waals surface area contributed by atoms with Gasteiger partial charge in [0.2, 0.25) is 5.91 Å². The number of benzene rings is 1. The molecule has 0 aromatic heterocycles. The molecule has 1 aromatic carbocycles. The summed E-state index contributed by atoms with van der Waals surface area (Å²) >= 11 is 3.45. The molecule has 1 unspecified atom stereocenters. The van der Waals surface area contributed by atoms with Crippen LogP contribution in [0.3, 0.4) is 0 Å². The number of ether oxygens (including phenoxy) is 1. The monoisotopic (exact) mass is 311 g/mol. The lowest BCUT2D eigenvalue weighted by Gasteiger charge is -2.22. The van der Waals surface area contributed by atoms with Crippen LogP contribution < -0.4 is 5.32 Å². The van der Waals surface area contributed by atoms with E-state index in [0.29, 0.717) is 6.61 Å². The number of carbonyl (C=O) groups excluding carboxylic acids is 1. The summed E-state index contributed by atoms with van der Waals surface area (Å²) in [5.74, 6) is 0.0684. The van der Waals surface area contributed by atoms with Crippen molar-refractivity contribution in [3.05, 3.63) is 28.2 Å². The van der Waals surface area contributed by atoms with Gasteiger partial charge in [-0.2, -0.15) is 0 Å². The Kier molecular flexibility index (Phi) is 4.78. The van der Waals surface area contributed by atoms with Gasteiger partial charge in [0.25, 0.3) is 0 Å². The Bertz CT molecular complexity index is 428. The normalized spacial score (nSPS) is 19.6. The number of nitrogens with one attached hydrogen (secondary N) is 1. The molecule has 0 aliphatic carbocycles. The van der Waals surface area contributed by atoms with E-state index >= 15 is 0 Å². The van der Waals surface area contributed by atoms with Gasteiger partial charge in [0.1, 0.15) is 0 Å². The number of carbonyl (C=O) groups is 1. The molecule has 1 fully saturated rings. The molecule has 0 saturated carbocycles. The standard InChI is InChI=1S/C14H18BrNO2/c1-2-10-8-12(15)5-6-13(10)16-14(17)11-4-3-7-18-9-11/h5-6,8,11H,2-4,7,9H2,1H3,(H,16,17). The van der Waals surface area contributed by atoms with E-state index in [9.17, 15) is 4.79 Å². The SMILES string of the molecule is CCc1cc(Br)ccc1NC(=O)C1CCCOC1. The first-order valence-electron chi connectivity index (χ1n) is 6.37. The Balaban J connectivity index is 2.06. The highest BCUT2D eigenvalue weighted by molar-refractivity contribution is 9.10. The van der Waals surface area contributed by atoms with Crippen molar-refractivity contribution < 1.29 is 9.53 Å². The summed E-state index contributed by atoms with van der Waals surface area (Å²) in [6, 6.07) is 5.95. The van der Waals surface area contributed by atoms with Crippen molar-refractivity contribution in [1.82, 2.24) is 0 Å². The summed E-state index contributed by atoms with van der Waals surface area (Å²) in [5, 5.41) is 3.02. The van der Waals surface area contributed by atoms with E-state index in [1.54, 1.807) is 0 Å². The van der Waals surface area contributed by atoms with Gasteiger partial charge in [-0.3, -0.25) is 4.79 Å². The molecule has 3 nitrogen and oxygen atoms in total. The van der Waals surface area contributed by atoms with E-state index in [1.807, 2.05) is 18.2 Å². The summed E-state index contributed by atoms with van der Waals surface area (Å²) in [4.78, 5) is 12.1. The van der Waals surface area contributed by atoms with Crippen LogP contribution in [0.25, 0.3) is 0 Å². The summed E-state index contributed by atoms with van der Waals surface area (Å²) in [5.41, 5.74) is 2.06. The van der Waals surface area contributed by atoms with Crippen LogP contribution in [-0.4, -0.2) is 19.1 Å². The molecule has 1 saturated heterocycles. The maximum Gasteiger partial charge on any atom is 0.229 e. The van der Waals surface area contributed by atoms with Gasteiger partial charge in [-0.1, -0.05) is 22.9 Å². The van der Waals surface area contributed by atoms with Gasteiger partial charge in [-0.15, -0.1) is 0 Å². The zero-order chi connectivity index (χ0) is 13.0. The summed E-state index contributed by atoms with van der Waals surface area (Å²) in [7, 11) is 0. The van der Waals surface area contributed by atoms with Crippen molar-refractivity contribution in [1.29, 1.82) is 0 Å². The van der Waals surface area contributed by atoms with Gasteiger partial charge in [-0.05, 0) is 43.0 Å². The molecule has 2 rings (SSSR count). The average Bonchev–Trinajstić information content (AvgIpc) is 2.41. The fourth-order valence-electron chi connectivity index (χ4n) is 2.16. The maximum atomic E-state index is 12.1. The summed E-state index contributed by atoms with van der Waals surface area (Å²) in [6.45, 7) is 3.41. The number of hydrogen-bond donors (Lipinski definition) is 1. The molecule has 1 N–H and O–H groups in total. The highest BCUT2D eigenvalue weighted by atomic mass is 79.9. The van der Waals surface area contributed by atoms with Crippen LogP contribution in [0.1, 0.15) is 25.3 Å². The van der Waals surface area contributed by atoms with E-state index in [4.69, 9.17) is 4.74 Å². The van der Waals surface area contributed by atoms with E-state index in [-0.39, 0.29) is 11.8 Å². The molecule has 0 radical (unpaired) electrons. The second kappa shape index (κ2) is 6.34. The highest BCUT2D eigenvalue weighted by Gasteiger charge is 2.22. The molecular formula is C14H18BrNO2. The Morgan fingerprint density at radius 3 is 3.06 bits per heavy atom. The van der Waals surface area contributed by atoms with Gasteiger partial charge in [0.15, 0.2) is 0 Å². The zero-order valence-corrected chi connectivity index (χ0v) is 12.1. The third-order valence-corrected chi connectivity index (χ3v) is 3.73. The first-order valence-corrected chi connectivity index (χ1v) is 7.17. The summed E-state index contributed by atoms with van der Waals surface area (Å²) in [6.07, 6.45) is 2.79. The number of aryl methyl sites for hydroxylation is 1. The molecule has 18 heavy (non-hydrogen) atoms. The maximum absolute atomic E-state index is 12.1. The molecular weight excluding hydrogens is 294 g/mol. The van der Waals surface area contributed by atoms with E-state index < -0.39 is 0 Å². The molecule has 1 aliphatic rings. The van der Waals surface area contributed by atoms with Gasteiger partial charge in [0.05, 0.1) is 12.5 Å². The molecule has 0 spiro atoms. The molecule has 4 heteroatoms. The molecule has 1 amide bonds. The highest BCUT2D eigenvalue weighted by Crippen LogP contribution is 2.23. The number of halogens is 1. The lowest BCUT2D eigenvalue weighted by atomic mass is 10.0. The molecule has 1 aliphatic heterocycles. The van der Waals surface area contributed by atoms with Gasteiger partial charge >= 0.3 is 0 Å². The average molecular weight is 312 g/mol. The van der Waals surface area contributed by atoms with Crippen molar-refractivity contribution in [3.8, 4) is 0 Å². The van der Waals surface area contributed by atoms with E-state index in [0.717, 1.165) is 41.6 Å². The minimum atomic E-state index is -0.00731. The van der Waals surface area contributed by atoms with Crippen LogP contribution in [0.15, 0.2) is 22.7 Å². The number of rotatable bonds is 3. The third-order valence-electron chi connectivity index (χ3n) is 3.24. The lowest BCUT2D eigenvalue weighted by Crippen LogP contribution is -2.30. The minimum absolute atomic E-state index is 0.00731. The number of hydrogen-bond acceptors (Lipinski definition) is 2. The van der Waals surface area contributed by atoms with Crippen LogP contribution >= 0.6 is 15.9 Å². The third kappa shape index (κ3) is 3.33. The molecule has 98 valence electrons. The van der Waals surface area contributed by atoms with E-state index in [1.165, 1.54) is 0 Å². The Labute approximate surface area is 116 Å². The van der Waals surface area contributed by atoms with Crippen molar-refractivity contribution in [3.63, 3.8) is 0 Å². The Morgan fingerprint density at radius 1 is 1.56 bits per heavy atom. The van der Waals surface area contributed by atoms with E-state index in [2.05, 4.69) is 28.2 Å². The lowest BCUT2D eigenvalue weighted by molar-refractivity contribution is -0.123. The van der Waals surface area contributed by atoms with Crippen LogP contribution in [0.5, 0.6) is 0 Å². The molecule has 1 aromatic rings. The quantitative estimate of drug-likeness (QED) is 0.929. The molecule has 1 heterocycles. The van der Waals surface area contributed by atoms with Crippen molar-refractivity contribution in [2.75, 3.05) is 18.5 Å². The first kappa shape index (κ1) is 13.6. The van der Waals surface area contributed by atoms with Crippen molar-refractivity contribution >= 4 is 27.5 Å². The van der Waals surface area contributed by atoms with Crippen molar-refractivity contribution in [2.24, 2.45) is 5.92 Å². The Morgan fingerprint density at radius 2 is 2.39 bits per heavy atom. The molecule has 0 bridgehead atoms. The van der Waals surface area contributed by atoms with Crippen LogP contribution in [0, 0.1) is 5.92 Å². The first-order chi connectivity index (χ1) is 8.70. The largest absolute Gasteiger partial charge is 0.381 e. The second-order valence-corrected chi connectivity index (χ2v) is 5.47. The number of anilines is 1. The zero-order valence-electron chi connectivity index (χ0n) is 10.5. The topological polar surface area (TPSA) is 38.3 Å². The fraction of sp³-hybridized carbons (Fsp3) is 0.500. The van der Waals surface area contributed by atoms with Crippen LogP contribution in [0.2, 0.25) is 0 Å². The predicted molar refractivity (Wildman–Crippen MR) is 75.7 cm³/mol. The van der Waals surface area contributed by atoms with Crippen LogP contribution in [-0.2, 0) is 16.0 Å². The smallest absolute Gasteiger partial charge is 0.229 e. The van der Waals surface area contributed by atoms with Gasteiger partial charge in [0, 0.05) is 16.8 Å². The van der Waals surface area contributed by atoms with Crippen LogP contribution in [0.4, 0.5) is 5.69 Å². The van der Waals surface area contributed by atoms with Crippen molar-refractivity contribution in [2.45, 2.75) is 26.2 Å². The number of amides is 1. The summed E-state index contributed by atoms with van der Waals surface area (Å²) < 4.78 is 6.39. The Hall–Kier alpha value is -0.870. The fourth-order valence-corrected chi connectivity index (χ4v) is 2.57.